The van der Waals surface area contributed by atoms with E-state index in [4.69, 9.17) is 16.3 Å². The number of hydrogen-bond donors (Lipinski definition) is 1. The molecule has 0 unspecified atom stereocenters. The first kappa shape index (κ1) is 29.5. The first-order chi connectivity index (χ1) is 19.8. The number of aromatic nitrogens is 3. The van der Waals surface area contributed by atoms with Crippen LogP contribution in [0.4, 0.5) is 13.2 Å². The van der Waals surface area contributed by atoms with E-state index in [1.165, 1.54) is 28.2 Å². The van der Waals surface area contributed by atoms with Crippen molar-refractivity contribution in [1.29, 1.82) is 5.26 Å². The van der Waals surface area contributed by atoms with Crippen molar-refractivity contribution in [2.75, 3.05) is 6.61 Å². The van der Waals surface area contributed by atoms with Gasteiger partial charge in [0.25, 0.3) is 5.56 Å². The molecule has 5 aromatic rings. The Balaban J connectivity index is 1.53. The maximum atomic E-state index is 13.5. The molecule has 214 valence electrons. The highest BCUT2D eigenvalue weighted by atomic mass is 79.9. The van der Waals surface area contributed by atoms with Gasteiger partial charge in [0.1, 0.15) is 24.3 Å². The minimum Gasteiger partial charge on any atom is -0.491 e. The number of carboxylic acid groups (broad SMARTS) is 1. The number of fused-ring (bicyclic) bond motifs is 2. The standard InChI is InChI=1S/C28H17BrClF3N4O4S/c1-12-7-16(25-24(35-12)18(11-42-25)27(39)40)15-8-14(30)3-4-21(15)41-6-5-37-13(2)36-20-9-19(28(31,32)33)23(29)17(10-34)22(20)26(37)38/h3-4,7-9,11H,5-6H2,1-2H3,(H,39,40). The summed E-state index contributed by atoms with van der Waals surface area (Å²) in [6.07, 6.45) is -4.76. The molecule has 5 rings (SSSR count). The van der Waals surface area contributed by atoms with Crippen molar-refractivity contribution in [3.63, 3.8) is 0 Å². The molecule has 0 radical (unpaired) electrons. The maximum absolute atomic E-state index is 13.5. The second-order valence-electron chi connectivity index (χ2n) is 9.17. The predicted molar refractivity (Wildman–Crippen MR) is 155 cm³/mol. The van der Waals surface area contributed by atoms with Gasteiger partial charge in [-0.25, -0.2) is 9.78 Å². The first-order valence-corrected chi connectivity index (χ1v) is 14.1. The van der Waals surface area contributed by atoms with Crippen molar-refractivity contribution < 1.29 is 27.8 Å². The highest BCUT2D eigenvalue weighted by molar-refractivity contribution is 9.10. The van der Waals surface area contributed by atoms with Gasteiger partial charge in [-0.05, 0) is 60.1 Å². The molecule has 1 N–H and O–H groups in total. The first-order valence-electron chi connectivity index (χ1n) is 12.1. The summed E-state index contributed by atoms with van der Waals surface area (Å²) >= 11 is 10.4. The van der Waals surface area contributed by atoms with Crippen molar-refractivity contribution in [2.45, 2.75) is 26.6 Å². The molecule has 42 heavy (non-hydrogen) atoms. The molecule has 2 aromatic carbocycles. The molecule has 0 saturated heterocycles. The van der Waals surface area contributed by atoms with Crippen molar-refractivity contribution in [3.8, 4) is 22.9 Å². The molecule has 0 aliphatic carbocycles. The molecule has 0 amide bonds. The number of aromatic carboxylic acids is 1. The van der Waals surface area contributed by atoms with Gasteiger partial charge >= 0.3 is 12.1 Å². The van der Waals surface area contributed by atoms with E-state index in [0.717, 1.165) is 6.07 Å². The topological polar surface area (TPSA) is 118 Å². The van der Waals surface area contributed by atoms with Gasteiger partial charge < -0.3 is 9.84 Å². The molecule has 3 heterocycles. The summed E-state index contributed by atoms with van der Waals surface area (Å²) in [6, 6.07) is 9.17. The fraction of sp³-hybridized carbons (Fsp3) is 0.179. The lowest BCUT2D eigenvalue weighted by atomic mass is 10.0. The summed E-state index contributed by atoms with van der Waals surface area (Å²) in [6.45, 7) is 3.13. The van der Waals surface area contributed by atoms with E-state index in [-0.39, 0.29) is 35.4 Å². The van der Waals surface area contributed by atoms with Crippen molar-refractivity contribution in [1.82, 2.24) is 14.5 Å². The number of rotatable bonds is 6. The third-order valence-corrected chi connectivity index (χ3v) is 8.54. The number of alkyl halides is 3. The Bertz CT molecular complexity index is 2040. The second kappa shape index (κ2) is 11.0. The van der Waals surface area contributed by atoms with Crippen LogP contribution in [-0.4, -0.2) is 32.2 Å². The van der Waals surface area contributed by atoms with E-state index < -0.39 is 33.3 Å². The summed E-state index contributed by atoms with van der Waals surface area (Å²) in [4.78, 5) is 33.7. The number of hydrogen-bond acceptors (Lipinski definition) is 7. The summed E-state index contributed by atoms with van der Waals surface area (Å²) in [7, 11) is 0. The quantitative estimate of drug-likeness (QED) is 0.199. The van der Waals surface area contributed by atoms with Crippen molar-refractivity contribution >= 4 is 66.0 Å². The van der Waals surface area contributed by atoms with Crippen LogP contribution in [0.25, 0.3) is 32.2 Å². The molecule has 14 heteroatoms. The van der Waals surface area contributed by atoms with E-state index >= 15 is 0 Å². The average molecular weight is 678 g/mol. The Labute approximate surface area is 252 Å². The second-order valence-corrected chi connectivity index (χ2v) is 11.3. The monoisotopic (exact) mass is 676 g/mol. The van der Waals surface area contributed by atoms with Crippen LogP contribution in [0, 0.1) is 25.2 Å². The van der Waals surface area contributed by atoms with Crippen LogP contribution in [0.1, 0.15) is 33.0 Å². The molecule has 0 saturated carbocycles. The van der Waals surface area contributed by atoms with E-state index in [2.05, 4.69) is 25.9 Å². The van der Waals surface area contributed by atoms with Crippen LogP contribution < -0.4 is 10.3 Å². The minimum absolute atomic E-state index is 0.0356. The molecule has 8 nitrogen and oxygen atoms in total. The van der Waals surface area contributed by atoms with E-state index in [1.54, 1.807) is 37.3 Å². The summed E-state index contributed by atoms with van der Waals surface area (Å²) < 4.78 is 48.0. The molecular formula is C28H17BrClF3N4O4S. The highest BCUT2D eigenvalue weighted by Gasteiger charge is 2.35. The largest absolute Gasteiger partial charge is 0.491 e. The zero-order chi connectivity index (χ0) is 30.5. The van der Waals surface area contributed by atoms with Gasteiger partial charge in [0.2, 0.25) is 0 Å². The number of carboxylic acids is 1. The number of aryl methyl sites for hydroxylation is 2. The number of ether oxygens (including phenoxy) is 1. The maximum Gasteiger partial charge on any atom is 0.417 e. The predicted octanol–water partition coefficient (Wildman–Crippen LogP) is 7.37. The SMILES string of the molecule is Cc1cc(-c2cc(Cl)ccc2OCCn2c(C)nc3cc(C(F)(F)F)c(Br)c(C#N)c3c2=O)c2scc(C(=O)O)c2n1. The summed E-state index contributed by atoms with van der Waals surface area (Å²) in [5.41, 5.74) is -0.242. The van der Waals surface area contributed by atoms with Gasteiger partial charge in [0, 0.05) is 31.7 Å². The van der Waals surface area contributed by atoms with Crippen molar-refractivity contribution in [3.05, 3.63) is 83.8 Å². The average Bonchev–Trinajstić information content (AvgIpc) is 3.34. The normalized spacial score (nSPS) is 11.7. The number of thiophene rings is 1. The van der Waals surface area contributed by atoms with Gasteiger partial charge in [-0.2, -0.15) is 18.4 Å². The summed E-state index contributed by atoms with van der Waals surface area (Å²) in [5, 5.41) is 20.9. The molecule has 0 atom stereocenters. The zero-order valence-electron chi connectivity index (χ0n) is 21.6. The molecule has 0 fully saturated rings. The molecule has 3 aromatic heterocycles. The van der Waals surface area contributed by atoms with Gasteiger partial charge in [-0.15, -0.1) is 11.3 Å². The zero-order valence-corrected chi connectivity index (χ0v) is 24.8. The fourth-order valence-electron chi connectivity index (χ4n) is 4.61. The van der Waals surface area contributed by atoms with E-state index in [0.29, 0.717) is 37.8 Å². The van der Waals surface area contributed by atoms with Crippen LogP contribution in [0.15, 0.2) is 45.0 Å². The third kappa shape index (κ3) is 5.21. The van der Waals surface area contributed by atoms with E-state index in [9.17, 15) is 33.1 Å². The molecule has 0 aliphatic rings. The van der Waals surface area contributed by atoms with Gasteiger partial charge in [-0.3, -0.25) is 14.3 Å². The number of nitrogens with zero attached hydrogens (tertiary/aromatic N) is 4. The molecular weight excluding hydrogens is 661 g/mol. The Morgan fingerprint density at radius 3 is 2.62 bits per heavy atom. The van der Waals surface area contributed by atoms with E-state index in [1.807, 2.05) is 0 Å². The van der Waals surface area contributed by atoms with Gasteiger partial charge in [0.05, 0.1) is 44.4 Å². The Morgan fingerprint density at radius 2 is 1.95 bits per heavy atom. The Hall–Kier alpha value is -3.99. The van der Waals surface area contributed by atoms with Crippen LogP contribution in [0.5, 0.6) is 5.75 Å². The molecule has 0 bridgehead atoms. The van der Waals surface area contributed by atoms with Crippen LogP contribution in [0.2, 0.25) is 5.02 Å². The summed E-state index contributed by atoms with van der Waals surface area (Å²) in [5.74, 6) is -0.566. The lowest BCUT2D eigenvalue weighted by Gasteiger charge is -2.17. The Kier molecular flexibility index (Phi) is 7.74. The third-order valence-electron chi connectivity index (χ3n) is 6.48. The van der Waals surface area contributed by atoms with Crippen LogP contribution in [-0.2, 0) is 12.7 Å². The lowest BCUT2D eigenvalue weighted by molar-refractivity contribution is -0.138. The number of carbonyl (C=O) groups is 1. The number of pyridine rings is 1. The van der Waals surface area contributed by atoms with Gasteiger partial charge in [0.15, 0.2) is 0 Å². The lowest BCUT2D eigenvalue weighted by Crippen LogP contribution is -2.27. The molecule has 0 spiro atoms. The van der Waals surface area contributed by atoms with Crippen LogP contribution >= 0.6 is 38.9 Å². The number of nitriles is 1. The minimum atomic E-state index is -4.76. The number of halogens is 5. The fourth-order valence-corrected chi connectivity index (χ4v) is 6.42. The smallest absolute Gasteiger partial charge is 0.417 e. The van der Waals surface area contributed by atoms with Gasteiger partial charge in [-0.1, -0.05) is 11.6 Å². The molecule has 0 aliphatic heterocycles. The Morgan fingerprint density at radius 1 is 1.21 bits per heavy atom. The van der Waals surface area contributed by atoms with Crippen LogP contribution in [0.3, 0.4) is 0 Å². The highest BCUT2D eigenvalue weighted by Crippen LogP contribution is 2.41. The van der Waals surface area contributed by atoms with Crippen molar-refractivity contribution in [2.24, 2.45) is 0 Å². The number of benzene rings is 2.